The van der Waals surface area contributed by atoms with E-state index in [-0.39, 0.29) is 0 Å². The van der Waals surface area contributed by atoms with Crippen LogP contribution in [-0.2, 0) is 6.42 Å². The Hall–Kier alpha value is -0.900. The number of fused-ring (bicyclic) bond motifs is 1. The molecule has 74 valence electrons. The topological polar surface area (TPSA) is 30.2 Å². The van der Waals surface area contributed by atoms with E-state index >= 15 is 0 Å². The van der Waals surface area contributed by atoms with Crippen molar-refractivity contribution in [2.45, 2.75) is 26.7 Å². The number of hydrogen-bond acceptors (Lipinski definition) is 2. The van der Waals surface area contributed by atoms with Gasteiger partial charge in [-0.1, -0.05) is 13.3 Å². The van der Waals surface area contributed by atoms with E-state index in [1.807, 2.05) is 11.4 Å². The van der Waals surface area contributed by atoms with Gasteiger partial charge in [0.1, 0.15) is 10.4 Å². The zero-order valence-electron chi connectivity index (χ0n) is 8.29. The van der Waals surface area contributed by atoms with Crippen LogP contribution < -0.4 is 0 Å². The Kier molecular flexibility index (Phi) is 2.54. The summed E-state index contributed by atoms with van der Waals surface area (Å²) in [5.74, 6) is 0.805. The average Bonchev–Trinajstić information content (AvgIpc) is 2.47. The lowest BCUT2D eigenvalue weighted by Crippen LogP contribution is -1.93. The summed E-state index contributed by atoms with van der Waals surface area (Å²) < 4.78 is 2.79. The van der Waals surface area contributed by atoms with E-state index in [1.165, 1.54) is 5.56 Å². The smallest absolute Gasteiger partial charge is 0.157 e. The Morgan fingerprint density at radius 2 is 2.21 bits per heavy atom. The molecule has 0 fully saturated rings. The van der Waals surface area contributed by atoms with Crippen molar-refractivity contribution in [2.75, 3.05) is 0 Å². The standard InChI is InChI=1S/C10H12BrN3/c1-3-4-8-5-9(11)14-10(6-8)12-7(2)13-14/h5-6H,3-4H2,1-2H3. The lowest BCUT2D eigenvalue weighted by atomic mass is 10.1. The molecule has 0 unspecified atom stereocenters. The molecule has 14 heavy (non-hydrogen) atoms. The highest BCUT2D eigenvalue weighted by Gasteiger charge is 2.04. The van der Waals surface area contributed by atoms with Crippen LogP contribution in [0.3, 0.4) is 0 Å². The van der Waals surface area contributed by atoms with Crippen molar-refractivity contribution >= 4 is 21.6 Å². The van der Waals surface area contributed by atoms with Gasteiger partial charge in [-0.05, 0) is 47.0 Å². The zero-order valence-corrected chi connectivity index (χ0v) is 9.87. The fraction of sp³-hybridized carbons (Fsp3) is 0.400. The van der Waals surface area contributed by atoms with E-state index in [0.717, 1.165) is 28.9 Å². The molecule has 2 aromatic rings. The molecule has 0 amide bonds. The van der Waals surface area contributed by atoms with Crippen LogP contribution in [0.15, 0.2) is 16.7 Å². The molecule has 2 rings (SSSR count). The number of nitrogens with zero attached hydrogens (tertiary/aromatic N) is 3. The second-order valence-corrected chi connectivity index (χ2v) is 4.18. The van der Waals surface area contributed by atoms with Crippen LogP contribution in [0.2, 0.25) is 0 Å². The summed E-state index contributed by atoms with van der Waals surface area (Å²) in [6.07, 6.45) is 2.23. The molecule has 0 aliphatic rings. The number of rotatable bonds is 2. The van der Waals surface area contributed by atoms with Crippen LogP contribution in [0.25, 0.3) is 5.65 Å². The van der Waals surface area contributed by atoms with Crippen molar-refractivity contribution in [3.8, 4) is 0 Å². The first kappa shape index (κ1) is 9.65. The maximum atomic E-state index is 4.34. The highest BCUT2D eigenvalue weighted by atomic mass is 79.9. The summed E-state index contributed by atoms with van der Waals surface area (Å²) in [7, 11) is 0. The van der Waals surface area contributed by atoms with Gasteiger partial charge in [-0.2, -0.15) is 5.10 Å². The first-order valence-electron chi connectivity index (χ1n) is 4.72. The summed E-state index contributed by atoms with van der Waals surface area (Å²) in [5, 5.41) is 4.27. The van der Waals surface area contributed by atoms with Gasteiger partial charge < -0.3 is 0 Å². The van der Waals surface area contributed by atoms with E-state index in [2.05, 4.69) is 45.1 Å². The van der Waals surface area contributed by atoms with Gasteiger partial charge in [-0.15, -0.1) is 0 Å². The Morgan fingerprint density at radius 1 is 1.43 bits per heavy atom. The summed E-state index contributed by atoms with van der Waals surface area (Å²) in [5.41, 5.74) is 2.22. The van der Waals surface area contributed by atoms with E-state index in [9.17, 15) is 0 Å². The molecule has 0 atom stereocenters. The third-order valence-electron chi connectivity index (χ3n) is 2.10. The predicted molar refractivity (Wildman–Crippen MR) is 59.4 cm³/mol. The van der Waals surface area contributed by atoms with Crippen molar-refractivity contribution in [1.82, 2.24) is 14.6 Å². The molecule has 0 saturated carbocycles. The second-order valence-electron chi connectivity index (χ2n) is 3.37. The Morgan fingerprint density at radius 3 is 2.93 bits per heavy atom. The van der Waals surface area contributed by atoms with Gasteiger partial charge in [0.25, 0.3) is 0 Å². The van der Waals surface area contributed by atoms with Crippen LogP contribution in [0, 0.1) is 6.92 Å². The van der Waals surface area contributed by atoms with Crippen molar-refractivity contribution in [2.24, 2.45) is 0 Å². The normalized spacial score (nSPS) is 11.1. The minimum atomic E-state index is 0.805. The highest BCUT2D eigenvalue weighted by Crippen LogP contribution is 2.16. The van der Waals surface area contributed by atoms with Gasteiger partial charge in [0.15, 0.2) is 5.65 Å². The van der Waals surface area contributed by atoms with Crippen LogP contribution in [-0.4, -0.2) is 14.6 Å². The molecule has 0 radical (unpaired) electrons. The SMILES string of the molecule is CCCc1cc(Br)n2nc(C)nc2c1. The highest BCUT2D eigenvalue weighted by molar-refractivity contribution is 9.10. The zero-order chi connectivity index (χ0) is 10.1. The van der Waals surface area contributed by atoms with Crippen LogP contribution in [0.4, 0.5) is 0 Å². The molecule has 0 aliphatic heterocycles. The third kappa shape index (κ3) is 1.66. The average molecular weight is 254 g/mol. The van der Waals surface area contributed by atoms with Gasteiger partial charge in [-0.3, -0.25) is 0 Å². The molecule has 0 saturated heterocycles. The van der Waals surface area contributed by atoms with Crippen molar-refractivity contribution in [3.63, 3.8) is 0 Å². The predicted octanol–water partition coefficient (Wildman–Crippen LogP) is 2.75. The first-order chi connectivity index (χ1) is 6.70. The number of aryl methyl sites for hydroxylation is 2. The lowest BCUT2D eigenvalue weighted by Gasteiger charge is -2.01. The largest absolute Gasteiger partial charge is 0.212 e. The number of pyridine rings is 1. The van der Waals surface area contributed by atoms with E-state index in [4.69, 9.17) is 0 Å². The van der Waals surface area contributed by atoms with E-state index in [0.29, 0.717) is 0 Å². The lowest BCUT2D eigenvalue weighted by molar-refractivity contribution is 0.882. The second kappa shape index (κ2) is 3.69. The van der Waals surface area contributed by atoms with Gasteiger partial charge in [0.05, 0.1) is 0 Å². The fourth-order valence-electron chi connectivity index (χ4n) is 1.54. The van der Waals surface area contributed by atoms with Gasteiger partial charge >= 0.3 is 0 Å². The summed E-state index contributed by atoms with van der Waals surface area (Å²) >= 11 is 3.49. The Labute approximate surface area is 91.3 Å². The number of hydrogen-bond donors (Lipinski definition) is 0. The minimum Gasteiger partial charge on any atom is -0.212 e. The molecule has 0 bridgehead atoms. The summed E-state index contributed by atoms with van der Waals surface area (Å²) in [6.45, 7) is 4.08. The molecular weight excluding hydrogens is 242 g/mol. The van der Waals surface area contributed by atoms with Crippen molar-refractivity contribution in [1.29, 1.82) is 0 Å². The van der Waals surface area contributed by atoms with Gasteiger partial charge in [0, 0.05) is 0 Å². The molecular formula is C10H12BrN3. The van der Waals surface area contributed by atoms with Gasteiger partial charge in [0.2, 0.25) is 0 Å². The molecule has 0 N–H and O–H groups in total. The van der Waals surface area contributed by atoms with Crippen LogP contribution >= 0.6 is 15.9 Å². The molecule has 0 aromatic carbocycles. The molecule has 4 heteroatoms. The summed E-state index contributed by atoms with van der Waals surface area (Å²) in [6, 6.07) is 4.19. The van der Waals surface area contributed by atoms with Crippen LogP contribution in [0.5, 0.6) is 0 Å². The monoisotopic (exact) mass is 253 g/mol. The van der Waals surface area contributed by atoms with Crippen molar-refractivity contribution < 1.29 is 0 Å². The van der Waals surface area contributed by atoms with E-state index < -0.39 is 0 Å². The van der Waals surface area contributed by atoms with Crippen molar-refractivity contribution in [3.05, 3.63) is 28.1 Å². The summed E-state index contributed by atoms with van der Waals surface area (Å²) in [4.78, 5) is 4.34. The maximum absolute atomic E-state index is 4.34. The van der Waals surface area contributed by atoms with Gasteiger partial charge in [-0.25, -0.2) is 9.50 Å². The molecule has 2 heterocycles. The quantitative estimate of drug-likeness (QED) is 0.771. The fourth-order valence-corrected chi connectivity index (χ4v) is 2.09. The van der Waals surface area contributed by atoms with Crippen LogP contribution in [0.1, 0.15) is 24.7 Å². The first-order valence-corrected chi connectivity index (χ1v) is 5.52. The number of aromatic nitrogens is 3. The molecule has 2 aromatic heterocycles. The third-order valence-corrected chi connectivity index (χ3v) is 2.66. The van der Waals surface area contributed by atoms with E-state index in [1.54, 1.807) is 0 Å². The number of halogens is 1. The Bertz CT molecular complexity index is 462. The Balaban J connectivity index is 2.59. The molecule has 3 nitrogen and oxygen atoms in total. The molecule has 0 spiro atoms. The maximum Gasteiger partial charge on any atom is 0.157 e. The molecule has 0 aliphatic carbocycles. The minimum absolute atomic E-state index is 0.805.